The molecule has 0 spiro atoms. The normalized spacial score (nSPS) is 15.1. The van der Waals surface area contributed by atoms with Crippen molar-refractivity contribution >= 4 is 56.2 Å². The molecule has 0 radical (unpaired) electrons. The molecule has 11 heteroatoms. The summed E-state index contributed by atoms with van der Waals surface area (Å²) in [6, 6.07) is 17.0. The van der Waals surface area contributed by atoms with Crippen molar-refractivity contribution in [2.75, 3.05) is 13.7 Å². The third-order valence-electron chi connectivity index (χ3n) is 5.11. The smallest absolute Gasteiger partial charge is 0.269 e. The van der Waals surface area contributed by atoms with Gasteiger partial charge < -0.3 is 19.5 Å². The van der Waals surface area contributed by atoms with Crippen LogP contribution in [-0.4, -0.2) is 29.7 Å². The molecule has 0 bridgehead atoms. The van der Waals surface area contributed by atoms with Crippen molar-refractivity contribution in [2.45, 2.75) is 13.5 Å². The Morgan fingerprint density at radius 1 is 1.11 bits per heavy atom. The Morgan fingerprint density at radius 2 is 1.84 bits per heavy atom. The number of carbonyl (C=O) groups excluding carboxylic acids is 1. The monoisotopic (exact) mass is 583 g/mol. The summed E-state index contributed by atoms with van der Waals surface area (Å²) >= 11 is 4.78. The number of rotatable bonds is 9. The van der Waals surface area contributed by atoms with E-state index >= 15 is 0 Å². The van der Waals surface area contributed by atoms with Crippen LogP contribution in [0.25, 0.3) is 6.08 Å². The van der Waals surface area contributed by atoms with Crippen LogP contribution in [0, 0.1) is 10.1 Å². The molecule has 37 heavy (non-hydrogen) atoms. The molecule has 1 heterocycles. The van der Waals surface area contributed by atoms with E-state index in [1.54, 1.807) is 55.7 Å². The molecule has 1 saturated heterocycles. The molecule has 9 nitrogen and oxygen atoms in total. The molecule has 1 amide bonds. The van der Waals surface area contributed by atoms with Crippen molar-refractivity contribution in [1.29, 1.82) is 0 Å². The van der Waals surface area contributed by atoms with Crippen LogP contribution >= 0.6 is 27.7 Å². The third-order valence-corrected chi connectivity index (χ3v) is 6.61. The maximum atomic E-state index is 12.6. The first-order chi connectivity index (χ1) is 17.9. The van der Waals surface area contributed by atoms with E-state index in [0.29, 0.717) is 38.3 Å². The fourth-order valence-electron chi connectivity index (χ4n) is 3.35. The van der Waals surface area contributed by atoms with E-state index in [2.05, 4.69) is 26.2 Å². The molecule has 0 saturated carbocycles. The van der Waals surface area contributed by atoms with Crippen molar-refractivity contribution in [2.24, 2.45) is 4.99 Å². The molecule has 3 aromatic carbocycles. The van der Waals surface area contributed by atoms with Gasteiger partial charge in [0.25, 0.3) is 11.6 Å². The molecule has 1 aliphatic rings. The number of hydrogen-bond donors (Lipinski definition) is 1. The number of aliphatic imine (C=N–C) groups is 1. The maximum absolute atomic E-state index is 12.6. The summed E-state index contributed by atoms with van der Waals surface area (Å²) < 4.78 is 17.6. The van der Waals surface area contributed by atoms with Gasteiger partial charge in [-0.25, -0.2) is 4.99 Å². The summed E-state index contributed by atoms with van der Waals surface area (Å²) in [5.41, 5.74) is 2.22. The number of amidine groups is 1. The number of nitro groups is 1. The predicted octanol–water partition coefficient (Wildman–Crippen LogP) is 6.24. The Balaban J connectivity index is 1.52. The van der Waals surface area contributed by atoms with Crippen LogP contribution in [0.1, 0.15) is 18.1 Å². The molecule has 0 aliphatic carbocycles. The van der Waals surface area contributed by atoms with E-state index in [4.69, 9.17) is 14.2 Å². The molecule has 1 fully saturated rings. The van der Waals surface area contributed by atoms with E-state index in [1.807, 2.05) is 13.0 Å². The average molecular weight is 584 g/mol. The van der Waals surface area contributed by atoms with Crippen LogP contribution in [0.15, 0.2) is 75.0 Å². The number of benzene rings is 3. The lowest BCUT2D eigenvalue weighted by Crippen LogP contribution is -2.19. The Hall–Kier alpha value is -3.83. The lowest BCUT2D eigenvalue weighted by molar-refractivity contribution is -0.384. The number of ether oxygens (including phenoxy) is 3. The number of amides is 1. The van der Waals surface area contributed by atoms with Gasteiger partial charge in [-0.15, -0.1) is 0 Å². The van der Waals surface area contributed by atoms with Crippen LogP contribution in [0.5, 0.6) is 17.2 Å². The number of nitrogens with one attached hydrogen (secondary N) is 1. The van der Waals surface area contributed by atoms with Gasteiger partial charge in [-0.05, 0) is 100 Å². The van der Waals surface area contributed by atoms with Crippen molar-refractivity contribution < 1.29 is 23.9 Å². The van der Waals surface area contributed by atoms with Gasteiger partial charge in [0.2, 0.25) is 0 Å². The molecular formula is C26H22BrN3O6S. The highest BCUT2D eigenvalue weighted by Crippen LogP contribution is 2.39. The van der Waals surface area contributed by atoms with Gasteiger partial charge in [0.05, 0.1) is 33.7 Å². The zero-order valence-electron chi connectivity index (χ0n) is 19.9. The van der Waals surface area contributed by atoms with Gasteiger partial charge in [0.15, 0.2) is 16.7 Å². The summed E-state index contributed by atoms with van der Waals surface area (Å²) in [5, 5.41) is 14.1. The molecular weight excluding hydrogens is 562 g/mol. The number of nitro benzene ring substituents is 1. The van der Waals surface area contributed by atoms with Gasteiger partial charge in [0.1, 0.15) is 12.4 Å². The Bertz CT molecular complexity index is 1370. The molecule has 4 rings (SSSR count). The van der Waals surface area contributed by atoms with Gasteiger partial charge in [-0.1, -0.05) is 0 Å². The van der Waals surface area contributed by atoms with E-state index < -0.39 is 4.92 Å². The molecule has 0 aromatic heterocycles. The Morgan fingerprint density at radius 3 is 2.49 bits per heavy atom. The maximum Gasteiger partial charge on any atom is 0.269 e. The minimum absolute atomic E-state index is 0.0170. The summed E-state index contributed by atoms with van der Waals surface area (Å²) in [7, 11) is 1.60. The van der Waals surface area contributed by atoms with Crippen LogP contribution in [-0.2, 0) is 11.4 Å². The number of non-ortho nitro benzene ring substituents is 1. The summed E-state index contributed by atoms with van der Waals surface area (Å²) in [6.07, 6.45) is 1.75. The highest BCUT2D eigenvalue weighted by molar-refractivity contribution is 9.10. The van der Waals surface area contributed by atoms with E-state index in [9.17, 15) is 14.9 Å². The van der Waals surface area contributed by atoms with Crippen LogP contribution in [0.2, 0.25) is 0 Å². The van der Waals surface area contributed by atoms with E-state index in [0.717, 1.165) is 16.9 Å². The molecule has 0 unspecified atom stereocenters. The number of halogens is 1. The van der Waals surface area contributed by atoms with Gasteiger partial charge in [-0.2, -0.15) is 0 Å². The second-order valence-corrected chi connectivity index (χ2v) is 9.54. The number of hydrogen-bond acceptors (Lipinski definition) is 8. The number of nitrogens with zero attached hydrogens (tertiary/aromatic N) is 2. The first-order valence-corrected chi connectivity index (χ1v) is 12.7. The molecule has 1 N–H and O–H groups in total. The topological polar surface area (TPSA) is 112 Å². The van der Waals surface area contributed by atoms with Gasteiger partial charge in [0, 0.05) is 12.1 Å². The van der Waals surface area contributed by atoms with Crippen molar-refractivity contribution in [3.63, 3.8) is 0 Å². The zero-order chi connectivity index (χ0) is 26.4. The molecule has 0 atom stereocenters. The summed E-state index contributed by atoms with van der Waals surface area (Å²) in [4.78, 5) is 27.9. The third kappa shape index (κ3) is 6.69. The highest BCUT2D eigenvalue weighted by Gasteiger charge is 2.24. The molecule has 1 aliphatic heterocycles. The fourth-order valence-corrected chi connectivity index (χ4v) is 4.77. The highest BCUT2D eigenvalue weighted by atomic mass is 79.9. The van der Waals surface area contributed by atoms with Gasteiger partial charge in [-0.3, -0.25) is 14.9 Å². The first-order valence-electron chi connectivity index (χ1n) is 11.1. The quantitative estimate of drug-likeness (QED) is 0.180. The largest absolute Gasteiger partial charge is 0.497 e. The predicted molar refractivity (Wildman–Crippen MR) is 147 cm³/mol. The van der Waals surface area contributed by atoms with Crippen LogP contribution < -0.4 is 19.5 Å². The van der Waals surface area contributed by atoms with E-state index in [1.165, 1.54) is 23.9 Å². The standard InChI is InChI=1S/C26H22BrN3O6S/c1-3-35-22-13-17(12-21(27)24(22)36-15-16-4-8-19(9-5-16)30(32)33)14-23-25(31)29-26(37-23)28-18-6-10-20(34-2)11-7-18/h4-14H,3,15H2,1-2H3,(H,28,29,31)/b23-14-. The molecule has 3 aromatic rings. The Labute approximate surface area is 225 Å². The van der Waals surface area contributed by atoms with Crippen molar-refractivity contribution in [3.8, 4) is 17.2 Å². The number of methoxy groups -OCH3 is 1. The first kappa shape index (κ1) is 26.2. The molecule has 190 valence electrons. The lowest BCUT2D eigenvalue weighted by Gasteiger charge is -2.15. The van der Waals surface area contributed by atoms with Gasteiger partial charge >= 0.3 is 0 Å². The fraction of sp³-hybridized carbons (Fsp3) is 0.154. The van der Waals surface area contributed by atoms with Crippen molar-refractivity contribution in [1.82, 2.24) is 5.32 Å². The van der Waals surface area contributed by atoms with Crippen molar-refractivity contribution in [3.05, 3.63) is 91.3 Å². The zero-order valence-corrected chi connectivity index (χ0v) is 22.3. The Kier molecular flexibility index (Phi) is 8.47. The van der Waals surface area contributed by atoms with Crippen LogP contribution in [0.3, 0.4) is 0 Å². The summed E-state index contributed by atoms with van der Waals surface area (Å²) in [5.74, 6) is 1.47. The van der Waals surface area contributed by atoms with Crippen LogP contribution in [0.4, 0.5) is 11.4 Å². The second kappa shape index (κ2) is 11.9. The lowest BCUT2D eigenvalue weighted by atomic mass is 10.1. The SMILES string of the molecule is CCOc1cc(/C=C2\SC(=Nc3ccc(OC)cc3)NC2=O)cc(Br)c1OCc1ccc([N+](=O)[O-])cc1. The number of carbonyl (C=O) groups is 1. The second-order valence-electron chi connectivity index (χ2n) is 7.65. The number of thioether (sulfide) groups is 1. The minimum Gasteiger partial charge on any atom is -0.497 e. The average Bonchev–Trinajstić information content (AvgIpc) is 3.22. The van der Waals surface area contributed by atoms with E-state index in [-0.39, 0.29) is 18.2 Å². The minimum atomic E-state index is -0.446. The summed E-state index contributed by atoms with van der Waals surface area (Å²) in [6.45, 7) is 2.47.